The summed E-state index contributed by atoms with van der Waals surface area (Å²) >= 11 is 0. The molecular formula is C16H25NO. The molecule has 1 aromatic carbocycles. The first-order valence-electron chi connectivity index (χ1n) is 6.41. The summed E-state index contributed by atoms with van der Waals surface area (Å²) in [5.74, 6) is 0.312. The Morgan fingerprint density at radius 2 is 1.72 bits per heavy atom. The van der Waals surface area contributed by atoms with Gasteiger partial charge in [0, 0.05) is 17.5 Å². The average Bonchev–Trinajstić information content (AvgIpc) is 2.29. The van der Waals surface area contributed by atoms with Crippen LogP contribution in [0.5, 0.6) is 5.75 Å². The zero-order valence-corrected chi connectivity index (χ0v) is 12.0. The Kier molecular flexibility index (Phi) is 4.58. The highest BCUT2D eigenvalue weighted by Crippen LogP contribution is 2.25. The normalized spacial score (nSPS) is 15.1. The fraction of sp³-hybridized carbons (Fsp3) is 0.500. The van der Waals surface area contributed by atoms with E-state index in [4.69, 9.17) is 0 Å². The summed E-state index contributed by atoms with van der Waals surface area (Å²) in [5.41, 5.74) is 1.34. The molecule has 0 aromatic heterocycles. The summed E-state index contributed by atoms with van der Waals surface area (Å²) in [5, 5.41) is 12.8. The van der Waals surface area contributed by atoms with E-state index in [0.717, 1.165) is 13.0 Å². The molecule has 0 aliphatic rings. The van der Waals surface area contributed by atoms with Crippen molar-refractivity contribution >= 4 is 0 Å². The molecule has 2 N–H and O–H groups in total. The molecule has 1 unspecified atom stereocenters. The van der Waals surface area contributed by atoms with Crippen LogP contribution in [0.1, 0.15) is 33.3 Å². The molecule has 0 amide bonds. The van der Waals surface area contributed by atoms with Crippen LogP contribution in [0.3, 0.4) is 0 Å². The SMILES string of the molecule is C=CC(C)(CNC(C)(C)C)Cc1ccc(O)cc1. The molecule has 0 aliphatic heterocycles. The van der Waals surface area contributed by atoms with Crippen LogP contribution >= 0.6 is 0 Å². The number of phenolic OH excluding ortho intramolecular Hbond substituents is 1. The number of aromatic hydroxyl groups is 1. The lowest BCUT2D eigenvalue weighted by atomic mass is 9.83. The fourth-order valence-corrected chi connectivity index (χ4v) is 1.75. The van der Waals surface area contributed by atoms with Crippen molar-refractivity contribution in [3.8, 4) is 5.75 Å². The van der Waals surface area contributed by atoms with Crippen LogP contribution in [0.25, 0.3) is 0 Å². The minimum absolute atomic E-state index is 0.0181. The molecule has 100 valence electrons. The topological polar surface area (TPSA) is 32.3 Å². The smallest absolute Gasteiger partial charge is 0.115 e. The molecule has 0 heterocycles. The van der Waals surface area contributed by atoms with Gasteiger partial charge in [-0.05, 0) is 44.9 Å². The molecule has 2 heteroatoms. The van der Waals surface area contributed by atoms with Crippen molar-refractivity contribution in [2.75, 3.05) is 6.54 Å². The minimum atomic E-state index is 0.0181. The summed E-state index contributed by atoms with van der Waals surface area (Å²) < 4.78 is 0. The van der Waals surface area contributed by atoms with Crippen LogP contribution in [0.4, 0.5) is 0 Å². The average molecular weight is 247 g/mol. The number of benzene rings is 1. The van der Waals surface area contributed by atoms with Gasteiger partial charge in [-0.3, -0.25) is 0 Å². The van der Waals surface area contributed by atoms with E-state index in [-0.39, 0.29) is 11.0 Å². The molecule has 1 atom stereocenters. The fourth-order valence-electron chi connectivity index (χ4n) is 1.75. The highest BCUT2D eigenvalue weighted by atomic mass is 16.3. The maximum Gasteiger partial charge on any atom is 0.115 e. The Hall–Kier alpha value is -1.28. The molecule has 1 rings (SSSR count). The standard InChI is InChI=1S/C16H25NO/c1-6-16(5,12-17-15(2,3)4)11-13-7-9-14(18)10-8-13/h6-10,17-18H,1,11-12H2,2-5H3. The van der Waals surface area contributed by atoms with E-state index in [1.54, 1.807) is 12.1 Å². The van der Waals surface area contributed by atoms with Gasteiger partial charge < -0.3 is 10.4 Å². The quantitative estimate of drug-likeness (QED) is 0.780. The maximum absolute atomic E-state index is 9.29. The third-order valence-electron chi connectivity index (χ3n) is 3.06. The molecular weight excluding hydrogens is 222 g/mol. The Balaban J connectivity index is 2.70. The minimum Gasteiger partial charge on any atom is -0.508 e. The summed E-state index contributed by atoms with van der Waals surface area (Å²) in [6.07, 6.45) is 2.93. The number of hydrogen-bond acceptors (Lipinski definition) is 2. The van der Waals surface area contributed by atoms with Crippen LogP contribution in [0.2, 0.25) is 0 Å². The molecule has 1 aromatic rings. The van der Waals surface area contributed by atoms with Crippen LogP contribution in [0, 0.1) is 5.41 Å². The van der Waals surface area contributed by atoms with Crippen molar-refractivity contribution in [1.82, 2.24) is 5.32 Å². The molecule has 0 saturated heterocycles. The second-order valence-corrected chi connectivity index (χ2v) is 6.30. The first-order valence-corrected chi connectivity index (χ1v) is 6.41. The van der Waals surface area contributed by atoms with E-state index in [2.05, 4.69) is 39.6 Å². The summed E-state index contributed by atoms with van der Waals surface area (Å²) in [6.45, 7) is 13.5. The Labute approximate surface area is 111 Å². The third kappa shape index (κ3) is 4.92. The molecule has 0 fully saturated rings. The largest absolute Gasteiger partial charge is 0.508 e. The predicted molar refractivity (Wildman–Crippen MR) is 77.9 cm³/mol. The van der Waals surface area contributed by atoms with E-state index in [1.807, 2.05) is 18.2 Å². The summed E-state index contributed by atoms with van der Waals surface area (Å²) in [7, 11) is 0. The van der Waals surface area contributed by atoms with Gasteiger partial charge in [-0.25, -0.2) is 0 Å². The highest BCUT2D eigenvalue weighted by molar-refractivity contribution is 5.27. The van der Waals surface area contributed by atoms with Gasteiger partial charge in [0.15, 0.2) is 0 Å². The van der Waals surface area contributed by atoms with Gasteiger partial charge >= 0.3 is 0 Å². The lowest BCUT2D eigenvalue weighted by Gasteiger charge is -2.31. The second kappa shape index (κ2) is 5.57. The lowest BCUT2D eigenvalue weighted by molar-refractivity contribution is 0.322. The molecule has 0 saturated carbocycles. The van der Waals surface area contributed by atoms with Gasteiger partial charge in [-0.15, -0.1) is 6.58 Å². The predicted octanol–water partition coefficient (Wildman–Crippen LogP) is 3.52. The molecule has 0 radical (unpaired) electrons. The third-order valence-corrected chi connectivity index (χ3v) is 3.06. The van der Waals surface area contributed by atoms with Gasteiger partial charge in [0.25, 0.3) is 0 Å². The Morgan fingerprint density at radius 3 is 2.17 bits per heavy atom. The van der Waals surface area contributed by atoms with E-state index in [9.17, 15) is 5.11 Å². The van der Waals surface area contributed by atoms with Crippen LogP contribution in [0.15, 0.2) is 36.9 Å². The molecule has 2 nitrogen and oxygen atoms in total. The summed E-state index contributed by atoms with van der Waals surface area (Å²) in [4.78, 5) is 0. The van der Waals surface area contributed by atoms with Crippen molar-refractivity contribution in [3.63, 3.8) is 0 Å². The van der Waals surface area contributed by atoms with Crippen molar-refractivity contribution < 1.29 is 5.11 Å². The van der Waals surface area contributed by atoms with E-state index in [1.165, 1.54) is 5.56 Å². The molecule has 0 aliphatic carbocycles. The molecule has 18 heavy (non-hydrogen) atoms. The van der Waals surface area contributed by atoms with E-state index in [0.29, 0.717) is 5.75 Å². The number of phenols is 1. The zero-order valence-electron chi connectivity index (χ0n) is 12.0. The van der Waals surface area contributed by atoms with Gasteiger partial charge in [0.2, 0.25) is 0 Å². The van der Waals surface area contributed by atoms with Gasteiger partial charge in [-0.1, -0.05) is 25.1 Å². The van der Waals surface area contributed by atoms with Crippen molar-refractivity contribution in [2.45, 2.75) is 39.7 Å². The zero-order chi connectivity index (χ0) is 13.8. The van der Waals surface area contributed by atoms with Crippen molar-refractivity contribution in [3.05, 3.63) is 42.5 Å². The van der Waals surface area contributed by atoms with E-state index < -0.39 is 0 Å². The number of hydrogen-bond donors (Lipinski definition) is 2. The number of nitrogens with one attached hydrogen (secondary N) is 1. The van der Waals surface area contributed by atoms with Crippen LogP contribution < -0.4 is 5.32 Å². The Bertz CT molecular complexity index is 389. The lowest BCUT2D eigenvalue weighted by Crippen LogP contribution is -2.43. The summed E-state index contributed by atoms with van der Waals surface area (Å²) in [6, 6.07) is 7.40. The van der Waals surface area contributed by atoms with Gasteiger partial charge in [0.1, 0.15) is 5.75 Å². The Morgan fingerprint density at radius 1 is 1.17 bits per heavy atom. The first-order chi connectivity index (χ1) is 8.24. The van der Waals surface area contributed by atoms with E-state index >= 15 is 0 Å². The van der Waals surface area contributed by atoms with Gasteiger partial charge in [-0.2, -0.15) is 0 Å². The van der Waals surface area contributed by atoms with Gasteiger partial charge in [0.05, 0.1) is 0 Å². The first kappa shape index (κ1) is 14.8. The van der Waals surface area contributed by atoms with Crippen LogP contribution in [-0.2, 0) is 6.42 Å². The van der Waals surface area contributed by atoms with Crippen LogP contribution in [-0.4, -0.2) is 17.2 Å². The molecule has 0 spiro atoms. The maximum atomic E-state index is 9.29. The number of rotatable bonds is 5. The van der Waals surface area contributed by atoms with Crippen molar-refractivity contribution in [2.24, 2.45) is 5.41 Å². The highest BCUT2D eigenvalue weighted by Gasteiger charge is 2.23. The molecule has 0 bridgehead atoms. The second-order valence-electron chi connectivity index (χ2n) is 6.30. The monoisotopic (exact) mass is 247 g/mol. The van der Waals surface area contributed by atoms with Crippen molar-refractivity contribution in [1.29, 1.82) is 0 Å².